The number of halogens is 2. The van der Waals surface area contributed by atoms with E-state index in [-0.39, 0.29) is 31.5 Å². The Morgan fingerprint density at radius 1 is 1.48 bits per heavy atom. The van der Waals surface area contributed by atoms with Crippen molar-refractivity contribution in [3.05, 3.63) is 34.1 Å². The van der Waals surface area contributed by atoms with E-state index in [2.05, 4.69) is 5.32 Å². The maximum atomic E-state index is 13.5. The Morgan fingerprint density at radius 3 is 2.71 bits per heavy atom. The van der Waals surface area contributed by atoms with Crippen molar-refractivity contribution in [1.29, 1.82) is 0 Å². The predicted molar refractivity (Wildman–Crippen MR) is 76.5 cm³/mol. The van der Waals surface area contributed by atoms with Crippen molar-refractivity contribution in [2.45, 2.75) is 17.9 Å². The molecule has 1 saturated heterocycles. The van der Waals surface area contributed by atoms with Gasteiger partial charge in [0, 0.05) is 25.7 Å². The number of hydrogen-bond donors (Lipinski definition) is 1. The molecule has 0 radical (unpaired) electrons. The van der Waals surface area contributed by atoms with Crippen LogP contribution < -0.4 is 5.32 Å². The zero-order valence-electron chi connectivity index (χ0n) is 11.2. The van der Waals surface area contributed by atoms with Crippen LogP contribution in [0, 0.1) is 15.9 Å². The quantitative estimate of drug-likeness (QED) is 0.658. The number of benzene rings is 1. The zero-order chi connectivity index (χ0) is 14.9. The molecular weight excluding hydrogens is 325 g/mol. The first kappa shape index (κ1) is 17.8. The Balaban J connectivity index is 0.00000220. The third-order valence-corrected chi connectivity index (χ3v) is 4.98. The van der Waals surface area contributed by atoms with Gasteiger partial charge >= 0.3 is 5.69 Å². The summed E-state index contributed by atoms with van der Waals surface area (Å²) in [5.41, 5.74) is -1.00. The van der Waals surface area contributed by atoms with Crippen molar-refractivity contribution in [3.8, 4) is 0 Å². The van der Waals surface area contributed by atoms with E-state index in [0.29, 0.717) is 6.54 Å². The second kappa shape index (κ2) is 6.65. The van der Waals surface area contributed by atoms with Crippen LogP contribution in [0.1, 0.15) is 6.92 Å². The predicted octanol–water partition coefficient (Wildman–Crippen LogP) is 1.14. The number of piperazine rings is 1. The summed E-state index contributed by atoms with van der Waals surface area (Å²) in [5.74, 6) is -1.15. The van der Waals surface area contributed by atoms with Crippen LogP contribution in [-0.4, -0.2) is 43.3 Å². The van der Waals surface area contributed by atoms with Crippen molar-refractivity contribution in [1.82, 2.24) is 9.62 Å². The minimum atomic E-state index is -4.08. The molecule has 0 spiro atoms. The van der Waals surface area contributed by atoms with Gasteiger partial charge in [-0.1, -0.05) is 6.07 Å². The summed E-state index contributed by atoms with van der Waals surface area (Å²) in [7, 11) is -4.08. The molecule has 1 fully saturated rings. The van der Waals surface area contributed by atoms with Crippen LogP contribution in [0.4, 0.5) is 10.1 Å². The van der Waals surface area contributed by atoms with Gasteiger partial charge in [0.1, 0.15) is 0 Å². The molecule has 0 bridgehead atoms. The average molecular weight is 340 g/mol. The summed E-state index contributed by atoms with van der Waals surface area (Å²) in [6, 6.07) is 3.02. The first-order valence-corrected chi connectivity index (χ1v) is 7.44. The van der Waals surface area contributed by atoms with Crippen molar-refractivity contribution in [2.75, 3.05) is 19.6 Å². The molecule has 1 aromatic rings. The number of nitrogens with zero attached hydrogens (tertiary/aromatic N) is 2. The van der Waals surface area contributed by atoms with Crippen LogP contribution in [0.2, 0.25) is 0 Å². The van der Waals surface area contributed by atoms with Crippen LogP contribution >= 0.6 is 12.4 Å². The monoisotopic (exact) mass is 339 g/mol. The standard InChI is InChI=1S/C11H14FN3O4S.ClH/c1-8-7-14(6-5-13-8)20(18,19)10-4-2-3-9(12)11(10)15(16)17;/h2-4,8,13H,5-7H2,1H3;1H/t8-;/m0./s1. The van der Waals surface area contributed by atoms with Gasteiger partial charge < -0.3 is 5.32 Å². The molecule has 2 rings (SSSR count). The van der Waals surface area contributed by atoms with Crippen molar-refractivity contribution >= 4 is 28.1 Å². The van der Waals surface area contributed by atoms with E-state index in [4.69, 9.17) is 0 Å². The molecule has 1 aliphatic heterocycles. The second-order valence-electron chi connectivity index (χ2n) is 4.56. The lowest BCUT2D eigenvalue weighted by molar-refractivity contribution is -0.390. The fourth-order valence-corrected chi connectivity index (χ4v) is 3.83. The first-order chi connectivity index (χ1) is 9.34. The molecular formula is C11H15ClFN3O4S. The maximum absolute atomic E-state index is 13.5. The maximum Gasteiger partial charge on any atom is 0.324 e. The molecule has 10 heteroatoms. The van der Waals surface area contributed by atoms with Gasteiger partial charge in [0.05, 0.1) is 4.92 Å². The van der Waals surface area contributed by atoms with E-state index in [0.717, 1.165) is 22.5 Å². The topological polar surface area (TPSA) is 92.5 Å². The van der Waals surface area contributed by atoms with E-state index in [1.54, 1.807) is 0 Å². The van der Waals surface area contributed by atoms with Gasteiger partial charge in [0.2, 0.25) is 15.8 Å². The van der Waals surface area contributed by atoms with Gasteiger partial charge in [-0.15, -0.1) is 12.4 Å². The molecule has 1 atom stereocenters. The summed E-state index contributed by atoms with van der Waals surface area (Å²) in [6.07, 6.45) is 0. The van der Waals surface area contributed by atoms with Crippen LogP contribution in [0.15, 0.2) is 23.1 Å². The Labute approximate surface area is 127 Å². The lowest BCUT2D eigenvalue weighted by Gasteiger charge is -2.30. The Bertz CT molecular complexity index is 640. The Kier molecular flexibility index (Phi) is 5.62. The zero-order valence-corrected chi connectivity index (χ0v) is 12.8. The highest BCUT2D eigenvalue weighted by Gasteiger charge is 2.35. The lowest BCUT2D eigenvalue weighted by Crippen LogP contribution is -2.51. The molecule has 21 heavy (non-hydrogen) atoms. The molecule has 7 nitrogen and oxygen atoms in total. The second-order valence-corrected chi connectivity index (χ2v) is 6.47. The van der Waals surface area contributed by atoms with Crippen LogP contribution in [-0.2, 0) is 10.0 Å². The summed E-state index contributed by atoms with van der Waals surface area (Å²) < 4.78 is 39.5. The van der Waals surface area contributed by atoms with Gasteiger partial charge in [-0.25, -0.2) is 8.42 Å². The fourth-order valence-electron chi connectivity index (χ4n) is 2.14. The smallest absolute Gasteiger partial charge is 0.312 e. The van der Waals surface area contributed by atoms with Crippen LogP contribution in [0.5, 0.6) is 0 Å². The minimum absolute atomic E-state index is 0. The number of nitro benzene ring substituents is 1. The molecule has 1 N–H and O–H groups in total. The van der Waals surface area contributed by atoms with Crippen LogP contribution in [0.3, 0.4) is 0 Å². The van der Waals surface area contributed by atoms with Crippen molar-refractivity contribution in [2.24, 2.45) is 0 Å². The van der Waals surface area contributed by atoms with E-state index in [1.807, 2.05) is 6.92 Å². The molecule has 0 amide bonds. The van der Waals surface area contributed by atoms with Gasteiger partial charge in [0.15, 0.2) is 4.90 Å². The third-order valence-electron chi connectivity index (χ3n) is 3.08. The molecule has 1 aromatic carbocycles. The lowest BCUT2D eigenvalue weighted by atomic mass is 10.3. The summed E-state index contributed by atoms with van der Waals surface area (Å²) in [6.45, 7) is 2.64. The average Bonchev–Trinajstić information content (AvgIpc) is 2.38. The molecule has 0 saturated carbocycles. The highest BCUT2D eigenvalue weighted by molar-refractivity contribution is 7.89. The third kappa shape index (κ3) is 3.49. The molecule has 1 aliphatic rings. The highest BCUT2D eigenvalue weighted by Crippen LogP contribution is 2.29. The SMILES string of the molecule is C[C@H]1CN(S(=O)(=O)c2cccc(F)c2[N+](=O)[O-])CCN1.Cl. The summed E-state index contributed by atoms with van der Waals surface area (Å²) in [5, 5.41) is 14.0. The number of nitrogens with one attached hydrogen (secondary N) is 1. The van der Waals surface area contributed by atoms with E-state index < -0.39 is 31.3 Å². The minimum Gasteiger partial charge on any atom is -0.312 e. The summed E-state index contributed by atoms with van der Waals surface area (Å²) >= 11 is 0. The Hall–Kier alpha value is -1.29. The molecule has 118 valence electrons. The number of sulfonamides is 1. The summed E-state index contributed by atoms with van der Waals surface area (Å²) in [4.78, 5) is 9.30. The molecule has 0 aliphatic carbocycles. The normalized spacial score (nSPS) is 19.8. The number of rotatable bonds is 3. The molecule has 0 unspecified atom stereocenters. The van der Waals surface area contributed by atoms with E-state index in [9.17, 15) is 22.9 Å². The van der Waals surface area contributed by atoms with Gasteiger partial charge in [-0.05, 0) is 19.1 Å². The largest absolute Gasteiger partial charge is 0.324 e. The van der Waals surface area contributed by atoms with Gasteiger partial charge in [0.25, 0.3) is 0 Å². The van der Waals surface area contributed by atoms with Crippen LogP contribution in [0.25, 0.3) is 0 Å². The Morgan fingerprint density at radius 2 is 2.14 bits per heavy atom. The van der Waals surface area contributed by atoms with Gasteiger partial charge in [-0.3, -0.25) is 10.1 Å². The van der Waals surface area contributed by atoms with Crippen molar-refractivity contribution < 1.29 is 17.7 Å². The fraction of sp³-hybridized carbons (Fsp3) is 0.455. The molecule has 0 aromatic heterocycles. The number of nitro groups is 1. The first-order valence-electron chi connectivity index (χ1n) is 6.00. The van der Waals surface area contributed by atoms with E-state index >= 15 is 0 Å². The van der Waals surface area contributed by atoms with E-state index in [1.165, 1.54) is 0 Å². The molecule has 1 heterocycles. The highest BCUT2D eigenvalue weighted by atomic mass is 35.5. The van der Waals surface area contributed by atoms with Crippen molar-refractivity contribution in [3.63, 3.8) is 0 Å². The van der Waals surface area contributed by atoms with Gasteiger partial charge in [-0.2, -0.15) is 8.70 Å². The number of hydrogen-bond acceptors (Lipinski definition) is 5. The number of para-hydroxylation sites is 1.